The molecule has 0 saturated carbocycles. The number of hydrogen-bond acceptors (Lipinski definition) is 11. The molecule has 7 rings (SSSR count). The fraction of sp³-hybridized carbons (Fsp3) is 0.645. The molecular formula is C31H43N9O4. The lowest BCUT2D eigenvalue weighted by Gasteiger charge is -2.42. The van der Waals surface area contributed by atoms with E-state index in [-0.39, 0.29) is 23.8 Å². The zero-order chi connectivity index (χ0) is 30.5. The summed E-state index contributed by atoms with van der Waals surface area (Å²) in [7, 11) is 0. The molecule has 4 aliphatic heterocycles. The summed E-state index contributed by atoms with van der Waals surface area (Å²) < 4.78 is 19.8. The van der Waals surface area contributed by atoms with Gasteiger partial charge >= 0.3 is 6.09 Å². The normalized spacial score (nSPS) is 25.1. The van der Waals surface area contributed by atoms with E-state index in [9.17, 15) is 4.79 Å². The highest BCUT2D eigenvalue weighted by atomic mass is 16.6. The molecule has 3 atom stereocenters. The molecule has 0 aliphatic carbocycles. The maximum absolute atomic E-state index is 12.7. The van der Waals surface area contributed by atoms with E-state index in [2.05, 4.69) is 31.5 Å². The first kappa shape index (κ1) is 29.0. The zero-order valence-electron chi connectivity index (χ0n) is 26.1. The first-order valence-electron chi connectivity index (χ1n) is 15.9. The molecule has 236 valence electrons. The van der Waals surface area contributed by atoms with Gasteiger partial charge in [-0.1, -0.05) is 0 Å². The largest absolute Gasteiger partial charge is 0.444 e. The number of piperidine rings is 1. The van der Waals surface area contributed by atoms with Crippen LogP contribution in [0.4, 0.5) is 27.9 Å². The van der Waals surface area contributed by atoms with Crippen molar-refractivity contribution in [2.75, 3.05) is 54.5 Å². The molecule has 0 bridgehead atoms. The Balaban J connectivity index is 1.16. The maximum atomic E-state index is 12.7. The molecule has 3 aromatic heterocycles. The number of fused-ring (bicyclic) bond motifs is 2. The van der Waals surface area contributed by atoms with Crippen LogP contribution in [-0.4, -0.2) is 88.0 Å². The zero-order valence-corrected chi connectivity index (χ0v) is 26.1. The molecule has 1 spiro atoms. The van der Waals surface area contributed by atoms with Gasteiger partial charge in [-0.25, -0.2) is 24.4 Å². The van der Waals surface area contributed by atoms with E-state index in [1.165, 1.54) is 0 Å². The van der Waals surface area contributed by atoms with Crippen LogP contribution in [0.15, 0.2) is 24.5 Å². The van der Waals surface area contributed by atoms with Gasteiger partial charge in [0.15, 0.2) is 23.2 Å². The third-order valence-electron chi connectivity index (χ3n) is 9.28. The van der Waals surface area contributed by atoms with Crippen molar-refractivity contribution in [2.24, 2.45) is 5.41 Å². The van der Waals surface area contributed by atoms with Crippen molar-refractivity contribution < 1.29 is 19.0 Å². The molecule has 0 aromatic carbocycles. The molecule has 13 heteroatoms. The number of rotatable bonds is 4. The number of hydrogen-bond donors (Lipinski definition) is 2. The summed E-state index contributed by atoms with van der Waals surface area (Å²) in [5.41, 5.74) is 1.76. The lowest BCUT2D eigenvalue weighted by atomic mass is 9.73. The maximum Gasteiger partial charge on any atom is 0.407 e. The van der Waals surface area contributed by atoms with Gasteiger partial charge in [-0.3, -0.25) is 0 Å². The van der Waals surface area contributed by atoms with E-state index in [1.54, 1.807) is 6.20 Å². The van der Waals surface area contributed by atoms with Crippen LogP contribution in [0.5, 0.6) is 0 Å². The van der Waals surface area contributed by atoms with Crippen LogP contribution in [0.3, 0.4) is 0 Å². The predicted octanol–water partition coefficient (Wildman–Crippen LogP) is 4.38. The number of anilines is 4. The number of nitrogens with zero attached hydrogens (tertiary/aromatic N) is 7. The highest BCUT2D eigenvalue weighted by molar-refractivity contribution is 5.90. The first-order valence-corrected chi connectivity index (χ1v) is 15.9. The minimum Gasteiger partial charge on any atom is -0.444 e. The quantitative estimate of drug-likeness (QED) is 0.439. The summed E-state index contributed by atoms with van der Waals surface area (Å²) >= 11 is 0. The van der Waals surface area contributed by atoms with E-state index in [0.29, 0.717) is 13.2 Å². The number of pyridine rings is 1. The molecule has 7 heterocycles. The summed E-state index contributed by atoms with van der Waals surface area (Å²) in [4.78, 5) is 31.9. The Morgan fingerprint density at radius 2 is 2.00 bits per heavy atom. The van der Waals surface area contributed by atoms with Crippen LogP contribution in [0, 0.1) is 5.41 Å². The Morgan fingerprint density at radius 3 is 2.77 bits per heavy atom. The predicted molar refractivity (Wildman–Crippen MR) is 166 cm³/mol. The molecule has 3 saturated heterocycles. The van der Waals surface area contributed by atoms with E-state index < -0.39 is 11.7 Å². The van der Waals surface area contributed by atoms with E-state index in [4.69, 9.17) is 29.3 Å². The standard InChI is InChI=1S/C31H43N9O4/c1-20-25(36-29(41)44-30(2,3)4)31(19-43-20)10-14-38(15-11-31)22-18-34-24-27(35-22)40(23-9-5-6-17-42-23)37-28(24)39-16-13-33-26-21(39)8-7-12-32-26/h7-8,12,18,20,23,25H,5-6,9-11,13-17,19H2,1-4H3,(H,32,33)(H,36,41)/t20-,23?,25+/m0/s1. The number of carbonyl (C=O) groups is 1. The van der Waals surface area contributed by atoms with Crippen LogP contribution in [0.2, 0.25) is 0 Å². The second kappa shape index (κ2) is 11.3. The lowest BCUT2D eigenvalue weighted by Crippen LogP contribution is -2.55. The SMILES string of the molecule is C[C@@H]1OCC2(CCN(c3cnc4c(N5CCNc6ncccc65)nn(C5CCCCO5)c4n3)CC2)[C@@H]1NC(=O)OC(C)(C)C. The molecule has 1 unspecified atom stereocenters. The summed E-state index contributed by atoms with van der Waals surface area (Å²) in [5.74, 6) is 2.43. The van der Waals surface area contributed by atoms with E-state index in [0.717, 1.165) is 92.6 Å². The smallest absolute Gasteiger partial charge is 0.407 e. The van der Waals surface area contributed by atoms with Crippen molar-refractivity contribution in [3.05, 3.63) is 24.5 Å². The average Bonchev–Trinajstić information content (AvgIpc) is 3.54. The van der Waals surface area contributed by atoms with Crippen molar-refractivity contribution in [1.29, 1.82) is 0 Å². The molecule has 13 nitrogen and oxygen atoms in total. The second-order valence-electron chi connectivity index (χ2n) is 13.4. The highest BCUT2D eigenvalue weighted by Crippen LogP contribution is 2.43. The van der Waals surface area contributed by atoms with Crippen molar-refractivity contribution in [2.45, 2.75) is 83.8 Å². The van der Waals surface area contributed by atoms with Crippen LogP contribution >= 0.6 is 0 Å². The Bertz CT molecular complexity index is 1510. The minimum atomic E-state index is -0.555. The summed E-state index contributed by atoms with van der Waals surface area (Å²) in [6.07, 6.45) is 7.75. The van der Waals surface area contributed by atoms with Crippen LogP contribution in [0.25, 0.3) is 11.2 Å². The Hall–Kier alpha value is -3.71. The minimum absolute atomic E-state index is 0.0845. The molecular weight excluding hydrogens is 562 g/mol. The van der Waals surface area contributed by atoms with Crippen LogP contribution in [-0.2, 0) is 14.2 Å². The third-order valence-corrected chi connectivity index (χ3v) is 9.28. The van der Waals surface area contributed by atoms with Gasteiger partial charge in [0, 0.05) is 44.4 Å². The van der Waals surface area contributed by atoms with Crippen LogP contribution < -0.4 is 20.4 Å². The molecule has 2 N–H and O–H groups in total. The molecule has 3 aromatic rings. The third kappa shape index (κ3) is 5.40. The number of alkyl carbamates (subject to hydrolysis) is 1. The van der Waals surface area contributed by atoms with Crippen LogP contribution in [0.1, 0.15) is 66.0 Å². The van der Waals surface area contributed by atoms with Crippen molar-refractivity contribution >= 4 is 40.4 Å². The van der Waals surface area contributed by atoms with Gasteiger partial charge in [-0.2, -0.15) is 0 Å². The fourth-order valence-electron chi connectivity index (χ4n) is 7.04. The van der Waals surface area contributed by atoms with Gasteiger partial charge in [-0.05, 0) is 71.9 Å². The number of aromatic nitrogens is 5. The monoisotopic (exact) mass is 605 g/mol. The summed E-state index contributed by atoms with van der Waals surface area (Å²) in [5, 5.41) is 11.6. The number of nitrogens with one attached hydrogen (secondary N) is 2. The van der Waals surface area contributed by atoms with E-state index >= 15 is 0 Å². The molecule has 1 amide bonds. The first-order chi connectivity index (χ1) is 21.2. The second-order valence-corrected chi connectivity index (χ2v) is 13.4. The van der Waals surface area contributed by atoms with Crippen molar-refractivity contribution in [3.63, 3.8) is 0 Å². The van der Waals surface area contributed by atoms with E-state index in [1.807, 2.05) is 44.6 Å². The highest BCUT2D eigenvalue weighted by Gasteiger charge is 2.50. The van der Waals surface area contributed by atoms with Crippen molar-refractivity contribution in [3.8, 4) is 0 Å². The van der Waals surface area contributed by atoms with Gasteiger partial charge in [0.05, 0.1) is 30.6 Å². The molecule has 3 fully saturated rings. The summed E-state index contributed by atoms with van der Waals surface area (Å²) in [6, 6.07) is 3.89. The van der Waals surface area contributed by atoms with Gasteiger partial charge in [0.1, 0.15) is 17.2 Å². The molecule has 0 radical (unpaired) electrons. The number of carbonyl (C=O) groups excluding carboxylic acids is 1. The number of amides is 1. The average molecular weight is 606 g/mol. The Morgan fingerprint density at radius 1 is 1.16 bits per heavy atom. The fourth-order valence-corrected chi connectivity index (χ4v) is 7.04. The van der Waals surface area contributed by atoms with Gasteiger partial charge < -0.3 is 34.6 Å². The lowest BCUT2D eigenvalue weighted by molar-refractivity contribution is -0.0368. The summed E-state index contributed by atoms with van der Waals surface area (Å²) in [6.45, 7) is 12.0. The topological polar surface area (TPSA) is 132 Å². The molecule has 4 aliphatic rings. The number of ether oxygens (including phenoxy) is 3. The Kier molecular flexibility index (Phi) is 7.48. The van der Waals surface area contributed by atoms with Gasteiger partial charge in [0.25, 0.3) is 0 Å². The molecule has 44 heavy (non-hydrogen) atoms. The van der Waals surface area contributed by atoms with Crippen molar-refractivity contribution in [1.82, 2.24) is 30.0 Å². The Labute approximate surface area is 257 Å². The van der Waals surface area contributed by atoms with Gasteiger partial charge in [-0.15, -0.1) is 5.10 Å². The van der Waals surface area contributed by atoms with Gasteiger partial charge in [0.2, 0.25) is 0 Å².